The van der Waals surface area contributed by atoms with Crippen molar-refractivity contribution < 1.29 is 45.6 Å². The quantitative estimate of drug-likeness (QED) is 0.341. The first-order chi connectivity index (χ1) is 6.68. The summed E-state index contributed by atoms with van der Waals surface area (Å²) in [6.07, 6.45) is 6.02. The maximum Gasteiger partial charge on any atom is 1.00 e. The van der Waals surface area contributed by atoms with Gasteiger partial charge in [0.2, 0.25) is 0 Å². The van der Waals surface area contributed by atoms with Gasteiger partial charge in [-0.25, -0.2) is 4.79 Å². The molecule has 0 rings (SSSR count). The molecule has 0 saturated carbocycles. The third-order valence-corrected chi connectivity index (χ3v) is 2.08. The maximum absolute atomic E-state index is 10.8. The van der Waals surface area contributed by atoms with Gasteiger partial charge in [-0.3, -0.25) is 0 Å². The molecule has 0 aromatic heterocycles. The van der Waals surface area contributed by atoms with Gasteiger partial charge in [0.1, 0.15) is 6.10 Å². The third-order valence-electron chi connectivity index (χ3n) is 2.08. The minimum atomic E-state index is -0.991. The zero-order valence-corrected chi connectivity index (χ0v) is 12.3. The van der Waals surface area contributed by atoms with Crippen LogP contribution >= 0.6 is 0 Å². The Kier molecular flexibility index (Phi) is 14.8. The van der Waals surface area contributed by atoms with Gasteiger partial charge in [-0.1, -0.05) is 39.0 Å². The molecule has 1 atom stereocenters. The maximum atomic E-state index is 10.8. The van der Waals surface area contributed by atoms with Crippen molar-refractivity contribution >= 4 is 5.97 Å². The Morgan fingerprint density at radius 2 is 1.80 bits per heavy atom. The van der Waals surface area contributed by atoms with E-state index < -0.39 is 12.1 Å². The smallest absolute Gasteiger partial charge is 1.00 e. The number of carbonyl (C=O) groups excluding carboxylic acids is 1. The first kappa shape index (κ1) is 17.8. The van der Waals surface area contributed by atoms with Gasteiger partial charge in [-0.2, -0.15) is 0 Å². The second-order valence-corrected chi connectivity index (χ2v) is 3.61. The van der Waals surface area contributed by atoms with E-state index in [-0.39, 0.29) is 31.0 Å². The van der Waals surface area contributed by atoms with Crippen LogP contribution in [0.15, 0.2) is 0 Å². The molecule has 0 saturated heterocycles. The van der Waals surface area contributed by atoms with Crippen LogP contribution in [0, 0.1) is 0 Å². The molecule has 0 aliphatic carbocycles. The molecule has 0 aromatic rings. The summed E-state index contributed by atoms with van der Waals surface area (Å²) in [5.41, 5.74) is 0. The number of esters is 1. The fourth-order valence-corrected chi connectivity index (χ4v) is 1.18. The first-order valence-corrected chi connectivity index (χ1v) is 5.53. The van der Waals surface area contributed by atoms with Gasteiger partial charge in [0.05, 0.1) is 6.61 Å². The molecule has 1 N–H and O–H groups in total. The van der Waals surface area contributed by atoms with Gasteiger partial charge < -0.3 is 11.3 Å². The van der Waals surface area contributed by atoms with E-state index in [2.05, 4.69) is 6.92 Å². The Morgan fingerprint density at radius 1 is 1.27 bits per heavy atom. The van der Waals surface area contributed by atoms with Crippen molar-refractivity contribution in [3.8, 4) is 0 Å². The predicted octanol–water partition coefficient (Wildman–Crippen LogP) is -0.613. The summed E-state index contributed by atoms with van der Waals surface area (Å²) in [6, 6.07) is 0. The molecule has 0 aliphatic rings. The molecule has 0 fully saturated rings. The van der Waals surface area contributed by atoms with Gasteiger partial charge >= 0.3 is 35.5 Å². The molecule has 0 amide bonds. The van der Waals surface area contributed by atoms with Gasteiger partial charge in [-0.15, -0.1) is 0 Å². The minimum absolute atomic E-state index is 0. The summed E-state index contributed by atoms with van der Waals surface area (Å²) < 4.78 is 4.82. The Labute approximate surface area is 116 Å². The Hall–Kier alpha value is 0.430. The number of aliphatic hydroxyl groups is 1. The summed E-state index contributed by atoms with van der Waals surface area (Å²) in [7, 11) is 0. The van der Waals surface area contributed by atoms with Crippen molar-refractivity contribution in [1.29, 1.82) is 0 Å². The van der Waals surface area contributed by atoms with Crippen LogP contribution in [-0.2, 0) is 9.53 Å². The second-order valence-electron chi connectivity index (χ2n) is 3.61. The molecular weight excluding hydrogens is 203 g/mol. The molecule has 0 bridgehead atoms. The average Bonchev–Trinajstić information content (AvgIpc) is 2.16. The summed E-state index contributed by atoms with van der Waals surface area (Å²) in [5, 5.41) is 8.82. The summed E-state index contributed by atoms with van der Waals surface area (Å²) >= 11 is 0. The summed E-state index contributed by atoms with van der Waals surface area (Å²) in [4.78, 5) is 10.8. The first-order valence-electron chi connectivity index (χ1n) is 5.53. The molecule has 4 heteroatoms. The Bertz CT molecular complexity index is 154. The molecule has 0 spiro atoms. The van der Waals surface area contributed by atoms with Gasteiger partial charge in [0.25, 0.3) is 0 Å². The van der Waals surface area contributed by atoms with E-state index in [1.165, 1.54) is 32.6 Å². The van der Waals surface area contributed by atoms with E-state index in [4.69, 9.17) is 9.84 Å². The molecule has 1 unspecified atom stereocenters. The van der Waals surface area contributed by atoms with Crippen LogP contribution in [0.3, 0.4) is 0 Å². The van der Waals surface area contributed by atoms with Crippen LogP contribution < -0.4 is 29.6 Å². The average molecular weight is 226 g/mol. The van der Waals surface area contributed by atoms with Gasteiger partial charge in [-0.05, 0) is 13.3 Å². The molecule has 0 aliphatic heterocycles. The number of hydrogen-bond acceptors (Lipinski definition) is 3. The van der Waals surface area contributed by atoms with Crippen molar-refractivity contribution in [2.75, 3.05) is 6.61 Å². The number of ether oxygens (including phenoxy) is 1. The van der Waals surface area contributed by atoms with Gasteiger partial charge in [0, 0.05) is 0 Å². The van der Waals surface area contributed by atoms with E-state index in [1.807, 2.05) is 0 Å². The van der Waals surface area contributed by atoms with Gasteiger partial charge in [0.15, 0.2) is 0 Å². The van der Waals surface area contributed by atoms with Crippen LogP contribution in [-0.4, -0.2) is 23.8 Å². The van der Waals surface area contributed by atoms with Crippen molar-refractivity contribution in [3.05, 3.63) is 0 Å². The molecule has 0 heterocycles. The normalized spacial score (nSPS) is 11.7. The number of carbonyl (C=O) groups is 1. The van der Waals surface area contributed by atoms with Crippen LogP contribution in [0.25, 0.3) is 0 Å². The molecule has 0 radical (unpaired) electrons. The van der Waals surface area contributed by atoms with Crippen molar-refractivity contribution in [3.63, 3.8) is 0 Å². The Morgan fingerprint density at radius 3 is 2.33 bits per heavy atom. The molecule has 86 valence electrons. The molecular formula is C11H23NaO3. The van der Waals surface area contributed by atoms with E-state index in [0.29, 0.717) is 6.61 Å². The van der Waals surface area contributed by atoms with Crippen LogP contribution in [0.5, 0.6) is 0 Å². The van der Waals surface area contributed by atoms with Crippen molar-refractivity contribution in [2.24, 2.45) is 0 Å². The topological polar surface area (TPSA) is 46.5 Å². The van der Waals surface area contributed by atoms with E-state index in [1.54, 1.807) is 0 Å². The summed E-state index contributed by atoms with van der Waals surface area (Å²) in [5.74, 6) is -0.515. The van der Waals surface area contributed by atoms with E-state index in [0.717, 1.165) is 12.8 Å². The predicted molar refractivity (Wildman–Crippen MR) is 57.1 cm³/mol. The fraction of sp³-hybridized carbons (Fsp3) is 0.909. The zero-order valence-electron chi connectivity index (χ0n) is 11.3. The monoisotopic (exact) mass is 226 g/mol. The van der Waals surface area contributed by atoms with Crippen LogP contribution in [0.2, 0.25) is 0 Å². The van der Waals surface area contributed by atoms with E-state index >= 15 is 0 Å². The number of hydrogen-bond donors (Lipinski definition) is 1. The largest absolute Gasteiger partial charge is 1.00 e. The molecule has 0 aromatic carbocycles. The number of unbranched alkanes of at least 4 members (excludes halogenated alkanes) is 5. The Balaban J connectivity index is -0.000000845. The fourth-order valence-electron chi connectivity index (χ4n) is 1.18. The SMILES string of the molecule is CCCCCCCCOC(=O)C(C)O.[H-].[Na+]. The standard InChI is InChI=1S/C11H22O3.Na.H/c1-3-4-5-6-7-8-9-14-11(13)10(2)12;;/h10,12H,3-9H2,1-2H3;;/q;+1;-1. The van der Waals surface area contributed by atoms with Crippen LogP contribution in [0.4, 0.5) is 0 Å². The summed E-state index contributed by atoms with van der Waals surface area (Å²) in [6.45, 7) is 4.05. The molecule has 15 heavy (non-hydrogen) atoms. The van der Waals surface area contributed by atoms with E-state index in [9.17, 15) is 4.79 Å². The molecule has 3 nitrogen and oxygen atoms in total. The third kappa shape index (κ3) is 12.4. The van der Waals surface area contributed by atoms with Crippen LogP contribution in [0.1, 0.15) is 53.8 Å². The number of aliphatic hydroxyl groups excluding tert-OH is 1. The number of rotatable bonds is 8. The second kappa shape index (κ2) is 12.5. The minimum Gasteiger partial charge on any atom is -1.00 e. The zero-order chi connectivity index (χ0) is 10.8. The van der Waals surface area contributed by atoms with Crippen molar-refractivity contribution in [2.45, 2.75) is 58.5 Å². The van der Waals surface area contributed by atoms with Crippen molar-refractivity contribution in [1.82, 2.24) is 0 Å².